The van der Waals surface area contributed by atoms with Crippen molar-refractivity contribution in [2.24, 2.45) is 10.8 Å². The van der Waals surface area contributed by atoms with Gasteiger partial charge in [-0.1, -0.05) is 48.9 Å². The Bertz CT molecular complexity index is 1070. The van der Waals surface area contributed by atoms with E-state index in [1.165, 1.54) is 5.56 Å². The number of para-hydroxylation sites is 1. The maximum atomic E-state index is 11.9. The summed E-state index contributed by atoms with van der Waals surface area (Å²) >= 11 is 0. The van der Waals surface area contributed by atoms with Crippen molar-refractivity contribution in [2.45, 2.75) is 50.5 Å². The predicted molar refractivity (Wildman–Crippen MR) is 134 cm³/mol. The molecule has 1 heterocycles. The Morgan fingerprint density at radius 1 is 1.09 bits per heavy atom. The molecule has 5 rings (SSSR count). The summed E-state index contributed by atoms with van der Waals surface area (Å²) in [4.78, 5) is 14.2. The average molecular weight is 474 g/mol. The number of nitrogens with zero attached hydrogens (tertiary/aromatic N) is 2. The number of nitrogens with one attached hydrogen (secondary N) is 1. The Morgan fingerprint density at radius 3 is 2.46 bits per heavy atom. The molecule has 2 N–H and O–H groups in total. The number of carbonyl (C=O) groups is 1. The van der Waals surface area contributed by atoms with Crippen molar-refractivity contribution < 1.29 is 14.6 Å². The minimum atomic E-state index is -0.639. The van der Waals surface area contributed by atoms with Crippen LogP contribution >= 0.6 is 0 Å². The van der Waals surface area contributed by atoms with Crippen LogP contribution in [0.4, 0.5) is 0 Å². The van der Waals surface area contributed by atoms with Crippen molar-refractivity contribution in [1.82, 2.24) is 10.2 Å². The molecule has 0 spiro atoms. The van der Waals surface area contributed by atoms with Gasteiger partial charge >= 0.3 is 5.97 Å². The first-order valence-corrected chi connectivity index (χ1v) is 12.9. The summed E-state index contributed by atoms with van der Waals surface area (Å²) < 4.78 is 6.27. The van der Waals surface area contributed by atoms with Crippen LogP contribution < -0.4 is 10.1 Å². The van der Waals surface area contributed by atoms with E-state index < -0.39 is 11.4 Å². The first-order chi connectivity index (χ1) is 17.0. The van der Waals surface area contributed by atoms with Gasteiger partial charge in [-0.3, -0.25) is 4.79 Å². The molecular weight excluding hydrogens is 438 g/mol. The molecule has 184 valence electrons. The third kappa shape index (κ3) is 5.22. The van der Waals surface area contributed by atoms with Crippen LogP contribution in [0.25, 0.3) is 0 Å². The number of ether oxygens (including phenoxy) is 1. The van der Waals surface area contributed by atoms with E-state index in [1.54, 1.807) is 6.07 Å². The zero-order valence-corrected chi connectivity index (χ0v) is 20.3. The number of rotatable bonds is 10. The van der Waals surface area contributed by atoms with Gasteiger partial charge in [0, 0.05) is 30.5 Å². The molecule has 2 aromatic carbocycles. The molecule has 3 aliphatic rings. The lowest BCUT2D eigenvalue weighted by molar-refractivity contribution is -0.156. The number of hydrogen-bond acceptors (Lipinski definition) is 5. The molecule has 1 saturated heterocycles. The minimum Gasteiger partial charge on any atom is -0.492 e. The molecule has 0 amide bonds. The van der Waals surface area contributed by atoms with Crippen molar-refractivity contribution >= 4 is 5.97 Å². The summed E-state index contributed by atoms with van der Waals surface area (Å²) in [6.45, 7) is 3.84. The maximum absolute atomic E-state index is 11.9. The van der Waals surface area contributed by atoms with E-state index in [0.717, 1.165) is 58.2 Å². The Kier molecular flexibility index (Phi) is 6.82. The van der Waals surface area contributed by atoms with E-state index in [0.29, 0.717) is 36.4 Å². The number of likely N-dealkylation sites (tertiary alicyclic amines) is 1. The van der Waals surface area contributed by atoms with Gasteiger partial charge < -0.3 is 20.1 Å². The van der Waals surface area contributed by atoms with Gasteiger partial charge in [0.2, 0.25) is 0 Å². The lowest BCUT2D eigenvalue weighted by Gasteiger charge is -2.46. The topological polar surface area (TPSA) is 85.6 Å². The highest BCUT2D eigenvalue weighted by molar-refractivity contribution is 5.76. The molecule has 0 aromatic heterocycles. The van der Waals surface area contributed by atoms with E-state index in [4.69, 9.17) is 4.74 Å². The third-order valence-electron chi connectivity index (χ3n) is 8.51. The minimum absolute atomic E-state index is 0.0428. The molecule has 0 radical (unpaired) electrons. The molecule has 2 atom stereocenters. The van der Waals surface area contributed by atoms with E-state index in [9.17, 15) is 15.2 Å². The molecule has 2 aromatic rings. The van der Waals surface area contributed by atoms with Crippen molar-refractivity contribution in [3.05, 3.63) is 65.7 Å². The second-order valence-corrected chi connectivity index (χ2v) is 10.9. The lowest BCUT2D eigenvalue weighted by atomic mass is 9.68. The van der Waals surface area contributed by atoms with Crippen molar-refractivity contribution in [3.8, 4) is 11.8 Å². The summed E-state index contributed by atoms with van der Waals surface area (Å²) in [5.41, 5.74) is 1.37. The van der Waals surface area contributed by atoms with Gasteiger partial charge in [-0.25, -0.2) is 0 Å². The van der Waals surface area contributed by atoms with Crippen molar-refractivity contribution in [3.63, 3.8) is 0 Å². The highest BCUT2D eigenvalue weighted by Crippen LogP contribution is 2.44. The molecule has 0 bridgehead atoms. The summed E-state index contributed by atoms with van der Waals surface area (Å²) in [6, 6.07) is 20.8. The Hall–Kier alpha value is -2.88. The van der Waals surface area contributed by atoms with Crippen LogP contribution in [0, 0.1) is 22.2 Å². The van der Waals surface area contributed by atoms with Gasteiger partial charge in [0.25, 0.3) is 0 Å². The van der Waals surface area contributed by atoms with Gasteiger partial charge in [-0.2, -0.15) is 5.26 Å². The van der Waals surface area contributed by atoms with Crippen LogP contribution in [-0.2, 0) is 4.79 Å². The smallest absolute Gasteiger partial charge is 0.310 e. The highest BCUT2D eigenvalue weighted by Gasteiger charge is 2.47. The second-order valence-electron chi connectivity index (χ2n) is 10.9. The molecule has 35 heavy (non-hydrogen) atoms. The predicted octanol–water partition coefficient (Wildman–Crippen LogP) is 4.42. The Labute approximate surface area is 207 Å². The Balaban J connectivity index is 1.23. The number of carboxylic acid groups (broad SMARTS) is 1. The van der Waals surface area contributed by atoms with Crippen molar-refractivity contribution in [1.29, 1.82) is 5.26 Å². The largest absolute Gasteiger partial charge is 0.492 e. The molecule has 2 saturated carbocycles. The summed E-state index contributed by atoms with van der Waals surface area (Å²) in [5.74, 6) is 0.576. The highest BCUT2D eigenvalue weighted by atomic mass is 16.5. The van der Waals surface area contributed by atoms with Gasteiger partial charge in [0.1, 0.15) is 11.8 Å². The summed E-state index contributed by atoms with van der Waals surface area (Å²) in [7, 11) is 0. The number of piperidine rings is 1. The molecule has 1 aliphatic heterocycles. The third-order valence-corrected chi connectivity index (χ3v) is 8.51. The normalized spacial score (nSPS) is 24.7. The summed E-state index contributed by atoms with van der Waals surface area (Å²) in [5, 5.41) is 23.1. The van der Waals surface area contributed by atoms with E-state index >= 15 is 0 Å². The van der Waals surface area contributed by atoms with Crippen LogP contribution in [0.3, 0.4) is 0 Å². The van der Waals surface area contributed by atoms with Gasteiger partial charge in [-0.05, 0) is 62.9 Å². The van der Waals surface area contributed by atoms with Crippen LogP contribution in [0.5, 0.6) is 5.75 Å². The number of benzene rings is 2. The fourth-order valence-corrected chi connectivity index (χ4v) is 5.78. The van der Waals surface area contributed by atoms with Gasteiger partial charge in [-0.15, -0.1) is 0 Å². The molecule has 6 heteroatoms. The standard InChI is InChI=1S/C29H35N3O3/c30-18-23-9-4-5-10-26(23)35-21-28(19-31-25-17-24(25)22-7-2-1-3-8-22)13-15-32(16-14-28)20-29(27(33)34)11-6-12-29/h1-5,7-10,24-25,31H,6,11-17,19-21H2,(H,33,34). The van der Waals surface area contributed by atoms with Crippen LogP contribution in [0.15, 0.2) is 54.6 Å². The monoisotopic (exact) mass is 473 g/mol. The van der Waals surface area contributed by atoms with Gasteiger partial charge in [0.15, 0.2) is 0 Å². The van der Waals surface area contributed by atoms with Crippen LogP contribution in [0.2, 0.25) is 0 Å². The van der Waals surface area contributed by atoms with E-state index in [1.807, 2.05) is 18.2 Å². The SMILES string of the molecule is N#Cc1ccccc1OCC1(CNC2CC2c2ccccc2)CCN(CC2(C(=O)O)CCC2)CC1. The number of carboxylic acids is 1. The zero-order chi connectivity index (χ0) is 24.3. The maximum Gasteiger partial charge on any atom is 0.310 e. The van der Waals surface area contributed by atoms with Crippen molar-refractivity contribution in [2.75, 3.05) is 32.8 Å². The number of nitriles is 1. The molecule has 2 aliphatic carbocycles. The number of hydrogen-bond donors (Lipinski definition) is 2. The fraction of sp³-hybridized carbons (Fsp3) is 0.517. The molecular formula is C29H35N3O3. The molecule has 6 nitrogen and oxygen atoms in total. The Morgan fingerprint density at radius 2 is 1.80 bits per heavy atom. The molecule has 2 unspecified atom stereocenters. The number of aliphatic carboxylic acids is 1. The zero-order valence-electron chi connectivity index (χ0n) is 20.3. The first-order valence-electron chi connectivity index (χ1n) is 12.9. The fourth-order valence-electron chi connectivity index (χ4n) is 5.78. The second kappa shape index (κ2) is 10.0. The van der Waals surface area contributed by atoms with Crippen LogP contribution in [0.1, 0.15) is 55.6 Å². The van der Waals surface area contributed by atoms with E-state index in [2.05, 4.69) is 46.6 Å². The van der Waals surface area contributed by atoms with Crippen LogP contribution in [-0.4, -0.2) is 54.8 Å². The van der Waals surface area contributed by atoms with E-state index in [-0.39, 0.29) is 5.41 Å². The summed E-state index contributed by atoms with van der Waals surface area (Å²) in [6.07, 6.45) is 5.67. The first kappa shape index (κ1) is 23.8. The average Bonchev–Trinajstić information content (AvgIpc) is 3.65. The molecule has 3 fully saturated rings. The lowest BCUT2D eigenvalue weighted by Crippen LogP contribution is -2.53. The quantitative estimate of drug-likeness (QED) is 0.531. The van der Waals surface area contributed by atoms with Gasteiger partial charge in [0.05, 0.1) is 17.6 Å².